The van der Waals surface area contributed by atoms with Gasteiger partial charge in [-0.2, -0.15) is 17.0 Å². The summed E-state index contributed by atoms with van der Waals surface area (Å²) < 4.78 is 27.4. The molecule has 1 N–H and O–H groups in total. The van der Waals surface area contributed by atoms with Crippen LogP contribution < -0.4 is 0 Å². The molecule has 6 heteroatoms. The van der Waals surface area contributed by atoms with Crippen molar-refractivity contribution in [1.29, 1.82) is 0 Å². The first kappa shape index (κ1) is 17.7. The molecule has 0 aliphatic carbocycles. The molecule has 1 rings (SSSR count). The molecule has 5 nitrogen and oxygen atoms in total. The van der Waals surface area contributed by atoms with Crippen molar-refractivity contribution in [3.05, 3.63) is 35.4 Å². The Balaban J connectivity index is 3.01. The summed E-state index contributed by atoms with van der Waals surface area (Å²) in [6, 6.07) is 7.21. The first-order valence-corrected chi connectivity index (χ1v) is 8.07. The predicted octanol–water partition coefficient (Wildman–Crippen LogP) is 1.05. The summed E-state index contributed by atoms with van der Waals surface area (Å²) in [4.78, 5) is 0. The quantitative estimate of drug-likeness (QED) is 0.827. The van der Waals surface area contributed by atoms with Crippen LogP contribution in [0, 0.1) is 11.8 Å². The maximum atomic E-state index is 12.4. The highest BCUT2D eigenvalue weighted by Gasteiger charge is 2.25. The van der Waals surface area contributed by atoms with E-state index < -0.39 is 10.2 Å². The fraction of sp³-hybridized carbons (Fsp3) is 0.467. The number of hydrogen-bond acceptors (Lipinski definition) is 3. The van der Waals surface area contributed by atoms with Crippen molar-refractivity contribution in [2.24, 2.45) is 0 Å². The van der Waals surface area contributed by atoms with E-state index in [4.69, 9.17) is 5.11 Å². The molecular formula is C15H22N2O3S. The van der Waals surface area contributed by atoms with E-state index in [9.17, 15) is 8.42 Å². The molecule has 0 heterocycles. The van der Waals surface area contributed by atoms with E-state index in [2.05, 4.69) is 11.8 Å². The normalized spacial score (nSPS) is 11.8. The summed E-state index contributed by atoms with van der Waals surface area (Å²) >= 11 is 0. The lowest BCUT2D eigenvalue weighted by Crippen LogP contribution is -2.42. The predicted molar refractivity (Wildman–Crippen MR) is 83.7 cm³/mol. The highest BCUT2D eigenvalue weighted by molar-refractivity contribution is 7.86. The number of aliphatic hydroxyl groups excluding tert-OH is 1. The molecule has 1 aromatic carbocycles. The lowest BCUT2D eigenvalue weighted by atomic mass is 10.1. The van der Waals surface area contributed by atoms with Gasteiger partial charge < -0.3 is 5.11 Å². The average Bonchev–Trinajstić information content (AvgIpc) is 2.45. The van der Waals surface area contributed by atoms with E-state index in [1.165, 1.54) is 8.61 Å². The van der Waals surface area contributed by atoms with E-state index in [0.29, 0.717) is 0 Å². The molecule has 0 saturated carbocycles. The van der Waals surface area contributed by atoms with Crippen LogP contribution >= 0.6 is 0 Å². The third-order valence-corrected chi connectivity index (χ3v) is 5.26. The van der Waals surface area contributed by atoms with Crippen LogP contribution in [0.25, 0.3) is 0 Å². The highest BCUT2D eigenvalue weighted by Crippen LogP contribution is 2.15. The highest BCUT2D eigenvalue weighted by atomic mass is 32.2. The molecule has 0 bridgehead atoms. The van der Waals surface area contributed by atoms with Gasteiger partial charge in [0.1, 0.15) is 6.61 Å². The van der Waals surface area contributed by atoms with Crippen molar-refractivity contribution < 1.29 is 13.5 Å². The Morgan fingerprint density at radius 2 is 1.86 bits per heavy atom. The summed E-state index contributed by atoms with van der Waals surface area (Å²) in [5, 5.41) is 8.78. The second kappa shape index (κ2) is 7.57. The first-order valence-electron chi connectivity index (χ1n) is 6.67. The molecule has 0 aliphatic rings. The summed E-state index contributed by atoms with van der Waals surface area (Å²) in [5.41, 5.74) is 1.53. The van der Waals surface area contributed by atoms with E-state index in [1.807, 2.05) is 38.1 Å². The number of aliphatic hydroxyl groups is 1. The van der Waals surface area contributed by atoms with Gasteiger partial charge in [-0.3, -0.25) is 0 Å². The zero-order valence-corrected chi connectivity index (χ0v) is 13.7. The van der Waals surface area contributed by atoms with Crippen LogP contribution in [0.5, 0.6) is 0 Å². The van der Waals surface area contributed by atoms with Crippen LogP contribution in [0.2, 0.25) is 0 Å². The van der Waals surface area contributed by atoms with Crippen LogP contribution in [0.1, 0.15) is 25.0 Å². The minimum Gasteiger partial charge on any atom is -0.384 e. The van der Waals surface area contributed by atoms with Gasteiger partial charge in [0, 0.05) is 32.2 Å². The van der Waals surface area contributed by atoms with Crippen molar-refractivity contribution in [2.45, 2.75) is 26.4 Å². The maximum absolute atomic E-state index is 12.4. The van der Waals surface area contributed by atoms with Crippen LogP contribution in [0.4, 0.5) is 0 Å². The zero-order chi connectivity index (χ0) is 16.0. The third-order valence-electron chi connectivity index (χ3n) is 3.20. The van der Waals surface area contributed by atoms with Gasteiger partial charge in [0.2, 0.25) is 0 Å². The van der Waals surface area contributed by atoms with Crippen LogP contribution in [0.15, 0.2) is 24.3 Å². The Kier molecular flexibility index (Phi) is 6.37. The van der Waals surface area contributed by atoms with Gasteiger partial charge in [0.25, 0.3) is 10.2 Å². The Morgan fingerprint density at radius 3 is 2.43 bits per heavy atom. The van der Waals surface area contributed by atoms with Gasteiger partial charge >= 0.3 is 0 Å². The van der Waals surface area contributed by atoms with Gasteiger partial charge in [0.05, 0.1) is 0 Å². The van der Waals surface area contributed by atoms with Crippen molar-refractivity contribution in [1.82, 2.24) is 8.61 Å². The second-order valence-corrected chi connectivity index (χ2v) is 7.09. The molecule has 0 fully saturated rings. The van der Waals surface area contributed by atoms with Crippen molar-refractivity contribution in [3.8, 4) is 11.8 Å². The molecular weight excluding hydrogens is 288 g/mol. The fourth-order valence-corrected chi connectivity index (χ4v) is 3.00. The molecule has 0 radical (unpaired) electrons. The van der Waals surface area contributed by atoms with Gasteiger partial charge in [0.15, 0.2) is 0 Å². The van der Waals surface area contributed by atoms with Gasteiger partial charge in [-0.1, -0.05) is 30.0 Å². The molecule has 0 atom stereocenters. The van der Waals surface area contributed by atoms with Gasteiger partial charge in [-0.05, 0) is 25.5 Å². The standard InChI is InChI=1S/C15H22N2O3S/c1-13(2)17(4)21(19,20)16(3)12-15-9-6-5-8-14(15)10-7-11-18/h5-6,8-9,13,18H,11-12H2,1-4H3. The number of benzene rings is 1. The molecule has 0 aromatic heterocycles. The summed E-state index contributed by atoms with van der Waals surface area (Å²) in [5.74, 6) is 5.42. The SMILES string of the molecule is CC(C)N(C)S(=O)(=O)N(C)Cc1ccccc1C#CCO. The van der Waals surface area contributed by atoms with Crippen molar-refractivity contribution in [3.63, 3.8) is 0 Å². The Morgan fingerprint density at radius 1 is 1.24 bits per heavy atom. The van der Waals surface area contributed by atoms with E-state index >= 15 is 0 Å². The van der Waals surface area contributed by atoms with Crippen molar-refractivity contribution in [2.75, 3.05) is 20.7 Å². The smallest absolute Gasteiger partial charge is 0.282 e. The zero-order valence-electron chi connectivity index (χ0n) is 12.9. The van der Waals surface area contributed by atoms with E-state index in [-0.39, 0.29) is 19.2 Å². The topological polar surface area (TPSA) is 60.9 Å². The number of rotatable bonds is 5. The molecule has 0 saturated heterocycles. The van der Waals surface area contributed by atoms with Gasteiger partial charge in [-0.15, -0.1) is 0 Å². The summed E-state index contributed by atoms with van der Waals surface area (Å²) in [6.07, 6.45) is 0. The first-order chi connectivity index (χ1) is 9.80. The fourth-order valence-electron chi connectivity index (χ4n) is 1.72. The minimum atomic E-state index is -3.50. The Hall–Kier alpha value is -1.39. The molecule has 1 aromatic rings. The van der Waals surface area contributed by atoms with Crippen LogP contribution in [-0.4, -0.2) is 48.9 Å². The Bertz CT molecular complexity index is 630. The lowest BCUT2D eigenvalue weighted by molar-refractivity contribution is 0.350. The molecule has 0 spiro atoms. The van der Waals surface area contributed by atoms with E-state index in [1.54, 1.807) is 14.1 Å². The molecule has 0 aliphatic heterocycles. The molecule has 116 valence electrons. The third kappa shape index (κ3) is 4.55. The summed E-state index contributed by atoms with van der Waals surface area (Å²) in [6.45, 7) is 3.66. The lowest BCUT2D eigenvalue weighted by Gasteiger charge is -2.27. The maximum Gasteiger partial charge on any atom is 0.282 e. The van der Waals surface area contributed by atoms with Crippen LogP contribution in [0.3, 0.4) is 0 Å². The van der Waals surface area contributed by atoms with Crippen molar-refractivity contribution >= 4 is 10.2 Å². The second-order valence-electron chi connectivity index (χ2n) is 4.99. The molecule has 21 heavy (non-hydrogen) atoms. The van der Waals surface area contributed by atoms with Crippen LogP contribution in [-0.2, 0) is 16.8 Å². The number of nitrogens with zero attached hydrogens (tertiary/aromatic N) is 2. The minimum absolute atomic E-state index is 0.109. The Labute approximate surface area is 127 Å². The summed E-state index contributed by atoms with van der Waals surface area (Å²) in [7, 11) is -0.395. The monoisotopic (exact) mass is 310 g/mol. The molecule has 0 unspecified atom stereocenters. The van der Waals surface area contributed by atoms with Gasteiger partial charge in [-0.25, -0.2) is 0 Å². The largest absolute Gasteiger partial charge is 0.384 e. The molecule has 0 amide bonds. The van der Waals surface area contributed by atoms with E-state index in [0.717, 1.165) is 11.1 Å². The average molecular weight is 310 g/mol. The number of hydrogen-bond donors (Lipinski definition) is 1.